The largest absolute Gasteiger partial charge is 0.486 e. The van der Waals surface area contributed by atoms with Gasteiger partial charge in [0.25, 0.3) is 5.56 Å². The maximum atomic E-state index is 13.0. The van der Waals surface area contributed by atoms with Gasteiger partial charge in [0.05, 0.1) is 37.6 Å². The highest BCUT2D eigenvalue weighted by atomic mass is 32.2. The van der Waals surface area contributed by atoms with Gasteiger partial charge in [0.2, 0.25) is 10.0 Å². The van der Waals surface area contributed by atoms with Crippen LogP contribution in [0.3, 0.4) is 0 Å². The number of furan rings is 1. The fraction of sp³-hybridized carbons (Fsp3) is 0.500. The molecule has 188 valence electrons. The van der Waals surface area contributed by atoms with Gasteiger partial charge < -0.3 is 18.5 Å². The van der Waals surface area contributed by atoms with Crippen molar-refractivity contribution in [2.75, 3.05) is 39.1 Å². The van der Waals surface area contributed by atoms with E-state index in [0.717, 1.165) is 17.5 Å². The summed E-state index contributed by atoms with van der Waals surface area (Å²) in [6, 6.07) is 3.67. The molecule has 0 aromatic carbocycles. The number of ether oxygens (including phenoxy) is 2. The molecule has 11 heteroatoms. The summed E-state index contributed by atoms with van der Waals surface area (Å²) in [5.41, 5.74) is 1.90. The predicted octanol–water partition coefficient (Wildman–Crippen LogP) is 1.83. The molecule has 0 amide bonds. The molecule has 0 N–H and O–H groups in total. The van der Waals surface area contributed by atoms with Gasteiger partial charge in [0.1, 0.15) is 23.2 Å². The minimum absolute atomic E-state index is 0.0165. The zero-order chi connectivity index (χ0) is 24.7. The SMILES string of the molecule is C[C@@H]1CN(S(C)(=O)=O)CCN1Cc1cc2c(=O)n(C)cc(-c3ccncc3O[C@@H]3CCOC3)c2o1. The minimum atomic E-state index is -3.22. The van der Waals surface area contributed by atoms with E-state index < -0.39 is 10.0 Å². The van der Waals surface area contributed by atoms with Gasteiger partial charge in [-0.25, -0.2) is 8.42 Å². The summed E-state index contributed by atoms with van der Waals surface area (Å²) in [6.07, 6.45) is 7.14. The van der Waals surface area contributed by atoms with Crippen LogP contribution in [0.15, 0.2) is 39.9 Å². The molecule has 35 heavy (non-hydrogen) atoms. The van der Waals surface area contributed by atoms with Crippen molar-refractivity contribution in [2.45, 2.75) is 32.0 Å². The van der Waals surface area contributed by atoms with E-state index in [1.807, 2.05) is 13.0 Å². The molecule has 0 radical (unpaired) electrons. The summed E-state index contributed by atoms with van der Waals surface area (Å²) in [7, 11) is -1.50. The monoisotopic (exact) mass is 502 g/mol. The minimum Gasteiger partial charge on any atom is -0.486 e. The van der Waals surface area contributed by atoms with Crippen LogP contribution in [0.5, 0.6) is 5.75 Å². The van der Waals surface area contributed by atoms with Gasteiger partial charge in [0, 0.05) is 62.7 Å². The number of piperazine rings is 1. The third-order valence-electron chi connectivity index (χ3n) is 6.71. The molecule has 0 bridgehead atoms. The highest BCUT2D eigenvalue weighted by Gasteiger charge is 2.30. The average Bonchev–Trinajstić information content (AvgIpc) is 3.48. The first-order valence-electron chi connectivity index (χ1n) is 11.7. The molecular formula is C24H30N4O6S. The Morgan fingerprint density at radius 3 is 2.80 bits per heavy atom. The molecule has 0 saturated carbocycles. The van der Waals surface area contributed by atoms with Crippen LogP contribution in [0, 0.1) is 0 Å². The fourth-order valence-electron chi connectivity index (χ4n) is 4.75. The van der Waals surface area contributed by atoms with E-state index in [1.54, 1.807) is 36.3 Å². The topological polar surface area (TPSA) is 107 Å². The first-order valence-corrected chi connectivity index (χ1v) is 13.6. The molecule has 5 heterocycles. The maximum Gasteiger partial charge on any atom is 0.261 e. The Labute approximate surface area is 204 Å². The van der Waals surface area contributed by atoms with E-state index in [0.29, 0.717) is 61.9 Å². The van der Waals surface area contributed by atoms with Gasteiger partial charge in [-0.2, -0.15) is 4.31 Å². The van der Waals surface area contributed by atoms with Crippen molar-refractivity contribution < 1.29 is 22.3 Å². The van der Waals surface area contributed by atoms with Gasteiger partial charge >= 0.3 is 0 Å². The Kier molecular flexibility index (Phi) is 6.43. The van der Waals surface area contributed by atoms with Crippen LogP contribution in [0.4, 0.5) is 0 Å². The van der Waals surface area contributed by atoms with Crippen molar-refractivity contribution in [2.24, 2.45) is 7.05 Å². The number of hydrogen-bond donors (Lipinski definition) is 0. The standard InChI is InChI=1S/C24H30N4O6S/c1-16-12-28(35(3,30)31)8-7-27(16)13-18-10-20-23(34-18)21(14-26(2)24(20)29)19-4-6-25-11-22(19)33-17-5-9-32-15-17/h4,6,10-11,14,16-17H,5,7-9,12-13,15H2,1-3H3/t16-,17-/m1/s1. The zero-order valence-electron chi connectivity index (χ0n) is 20.1. The lowest BCUT2D eigenvalue weighted by Gasteiger charge is -2.38. The van der Waals surface area contributed by atoms with Crippen molar-refractivity contribution in [3.63, 3.8) is 0 Å². The number of rotatable bonds is 6. The van der Waals surface area contributed by atoms with Gasteiger partial charge in [-0.1, -0.05) is 0 Å². The Hall–Kier alpha value is -2.73. The van der Waals surface area contributed by atoms with Gasteiger partial charge in [-0.15, -0.1) is 0 Å². The molecule has 0 aliphatic carbocycles. The summed E-state index contributed by atoms with van der Waals surface area (Å²) in [5, 5.41) is 0.495. The van der Waals surface area contributed by atoms with E-state index in [2.05, 4.69) is 9.88 Å². The summed E-state index contributed by atoms with van der Waals surface area (Å²) < 4.78 is 44.8. The molecule has 3 aromatic rings. The van der Waals surface area contributed by atoms with Crippen LogP contribution in [-0.4, -0.2) is 78.4 Å². The van der Waals surface area contributed by atoms with Crippen molar-refractivity contribution in [1.29, 1.82) is 0 Å². The summed E-state index contributed by atoms with van der Waals surface area (Å²) in [5.74, 6) is 1.27. The van der Waals surface area contributed by atoms with Crippen molar-refractivity contribution in [3.05, 3.63) is 46.8 Å². The Morgan fingerprint density at radius 2 is 2.09 bits per heavy atom. The molecule has 3 aromatic heterocycles. The lowest BCUT2D eigenvalue weighted by atomic mass is 10.1. The van der Waals surface area contributed by atoms with E-state index in [9.17, 15) is 13.2 Å². The van der Waals surface area contributed by atoms with E-state index in [1.165, 1.54) is 10.6 Å². The molecule has 2 aliphatic rings. The highest BCUT2D eigenvalue weighted by Crippen LogP contribution is 2.36. The van der Waals surface area contributed by atoms with Crippen LogP contribution < -0.4 is 10.3 Å². The smallest absolute Gasteiger partial charge is 0.261 e. The van der Waals surface area contributed by atoms with E-state index >= 15 is 0 Å². The summed E-state index contributed by atoms with van der Waals surface area (Å²) in [4.78, 5) is 19.4. The summed E-state index contributed by atoms with van der Waals surface area (Å²) >= 11 is 0. The van der Waals surface area contributed by atoms with E-state index in [-0.39, 0.29) is 17.7 Å². The Bertz CT molecular complexity index is 1390. The lowest BCUT2D eigenvalue weighted by Crippen LogP contribution is -2.52. The van der Waals surface area contributed by atoms with E-state index in [4.69, 9.17) is 13.9 Å². The molecule has 2 fully saturated rings. The normalized spacial score (nSPS) is 22.1. The molecule has 2 saturated heterocycles. The number of pyridine rings is 2. The van der Waals surface area contributed by atoms with Gasteiger partial charge in [-0.3, -0.25) is 14.7 Å². The second kappa shape index (κ2) is 9.38. The van der Waals surface area contributed by atoms with Gasteiger partial charge in [0.15, 0.2) is 0 Å². The number of nitrogens with zero attached hydrogens (tertiary/aromatic N) is 4. The Balaban J connectivity index is 1.48. The van der Waals surface area contributed by atoms with Gasteiger partial charge in [-0.05, 0) is 19.1 Å². The zero-order valence-corrected chi connectivity index (χ0v) is 21.0. The van der Waals surface area contributed by atoms with Crippen LogP contribution in [0.1, 0.15) is 19.1 Å². The second-order valence-electron chi connectivity index (χ2n) is 9.33. The number of sulfonamides is 1. The average molecular weight is 503 g/mol. The number of hydrogen-bond acceptors (Lipinski definition) is 8. The predicted molar refractivity (Wildman–Crippen MR) is 131 cm³/mol. The fourth-order valence-corrected chi connectivity index (χ4v) is 5.65. The number of aryl methyl sites for hydroxylation is 1. The van der Waals surface area contributed by atoms with Crippen molar-refractivity contribution >= 4 is 21.0 Å². The second-order valence-corrected chi connectivity index (χ2v) is 11.3. The number of fused-ring (bicyclic) bond motifs is 1. The lowest BCUT2D eigenvalue weighted by molar-refractivity contribution is 0.115. The highest BCUT2D eigenvalue weighted by molar-refractivity contribution is 7.88. The van der Waals surface area contributed by atoms with Crippen LogP contribution in [0.25, 0.3) is 22.1 Å². The maximum absolute atomic E-state index is 13.0. The van der Waals surface area contributed by atoms with Crippen molar-refractivity contribution in [3.8, 4) is 16.9 Å². The third kappa shape index (κ3) is 4.86. The molecular weight excluding hydrogens is 472 g/mol. The molecule has 0 spiro atoms. The number of aromatic nitrogens is 2. The molecule has 5 rings (SSSR count). The van der Waals surface area contributed by atoms with Crippen LogP contribution >= 0.6 is 0 Å². The Morgan fingerprint density at radius 1 is 1.26 bits per heavy atom. The third-order valence-corrected chi connectivity index (χ3v) is 7.98. The first-order chi connectivity index (χ1) is 16.7. The molecule has 2 aliphatic heterocycles. The quantitative estimate of drug-likeness (QED) is 0.503. The first kappa shape index (κ1) is 24.0. The van der Waals surface area contributed by atoms with Crippen LogP contribution in [0.2, 0.25) is 0 Å². The molecule has 10 nitrogen and oxygen atoms in total. The molecule has 2 atom stereocenters. The molecule has 0 unspecified atom stereocenters. The van der Waals surface area contributed by atoms with Crippen molar-refractivity contribution in [1.82, 2.24) is 18.8 Å². The summed E-state index contributed by atoms with van der Waals surface area (Å²) in [6.45, 7) is 5.12. The van der Waals surface area contributed by atoms with Crippen LogP contribution in [-0.2, 0) is 28.4 Å².